The van der Waals surface area contributed by atoms with Crippen LogP contribution in [-0.4, -0.2) is 0 Å². The van der Waals surface area contributed by atoms with Crippen LogP contribution in [0.15, 0.2) is 18.2 Å². The maximum atomic E-state index is 4.86. The average Bonchev–Trinajstić information content (AvgIpc) is 2.04. The summed E-state index contributed by atoms with van der Waals surface area (Å²) in [7, 11) is 0. The van der Waals surface area contributed by atoms with E-state index < -0.39 is 0 Å². The summed E-state index contributed by atoms with van der Waals surface area (Å²) < 4.78 is 0. The van der Waals surface area contributed by atoms with E-state index in [0.29, 0.717) is 11.7 Å². The lowest BCUT2D eigenvalue weighted by Gasteiger charge is -2.11. The molecule has 0 bridgehead atoms. The van der Waals surface area contributed by atoms with Gasteiger partial charge in [-0.3, -0.25) is 0 Å². The van der Waals surface area contributed by atoms with Gasteiger partial charge < -0.3 is 4.89 Å². The molecule has 0 aliphatic rings. The van der Waals surface area contributed by atoms with Crippen LogP contribution in [0, 0.1) is 6.92 Å². The fourth-order valence-corrected chi connectivity index (χ4v) is 1.24. The van der Waals surface area contributed by atoms with Crippen molar-refractivity contribution < 1.29 is 9.88 Å². The smallest absolute Gasteiger partial charge is 0.171 e. The monoisotopic (exact) mass is 181 g/mol. The molecule has 0 heterocycles. The lowest BCUT2D eigenvalue weighted by molar-refractivity contribution is -0.212. The van der Waals surface area contributed by atoms with E-state index in [1.807, 2.05) is 25.1 Å². The van der Waals surface area contributed by atoms with Crippen LogP contribution in [0.1, 0.15) is 30.9 Å². The summed E-state index contributed by atoms with van der Waals surface area (Å²) in [5, 5.41) is 0. The van der Waals surface area contributed by atoms with Crippen molar-refractivity contribution in [3.05, 3.63) is 29.3 Å². The topological polar surface area (TPSA) is 44.5 Å². The van der Waals surface area contributed by atoms with Crippen LogP contribution in [0.3, 0.4) is 0 Å². The molecular weight excluding hydrogens is 166 g/mol. The molecule has 1 rings (SSSR count). The van der Waals surface area contributed by atoms with Crippen molar-refractivity contribution >= 4 is 0 Å². The molecule has 0 saturated carbocycles. The largest absolute Gasteiger partial charge is 0.319 e. The molecule has 0 aliphatic heterocycles. The van der Waals surface area contributed by atoms with E-state index in [1.165, 1.54) is 0 Å². The number of aryl methyl sites for hydroxylation is 1. The van der Waals surface area contributed by atoms with E-state index in [-0.39, 0.29) is 0 Å². The molecule has 1 aromatic rings. The molecule has 0 atom stereocenters. The molecule has 3 nitrogen and oxygen atoms in total. The van der Waals surface area contributed by atoms with Crippen LogP contribution < -0.4 is 10.8 Å². The fourth-order valence-electron chi connectivity index (χ4n) is 1.24. The van der Waals surface area contributed by atoms with E-state index in [2.05, 4.69) is 18.8 Å². The molecule has 0 saturated heterocycles. The molecule has 0 amide bonds. The lowest BCUT2D eigenvalue weighted by atomic mass is 10.0. The molecular formula is C10H15NO2. The Hall–Kier alpha value is -1.06. The third-order valence-corrected chi connectivity index (χ3v) is 1.93. The molecule has 72 valence electrons. The maximum absolute atomic E-state index is 4.86. The summed E-state index contributed by atoms with van der Waals surface area (Å²) in [6, 6.07) is 5.97. The van der Waals surface area contributed by atoms with Gasteiger partial charge in [-0.15, -0.1) is 0 Å². The first-order chi connectivity index (χ1) is 6.15. The number of rotatable bonds is 3. The van der Waals surface area contributed by atoms with Crippen molar-refractivity contribution in [3.8, 4) is 5.75 Å². The van der Waals surface area contributed by atoms with E-state index in [1.54, 1.807) is 0 Å². The van der Waals surface area contributed by atoms with Crippen molar-refractivity contribution in [1.29, 1.82) is 0 Å². The van der Waals surface area contributed by atoms with Crippen LogP contribution in [0.2, 0.25) is 0 Å². The fraction of sp³-hybridized carbons (Fsp3) is 0.400. The molecule has 2 N–H and O–H groups in total. The van der Waals surface area contributed by atoms with E-state index in [0.717, 1.165) is 11.1 Å². The number of hydrogen-bond donors (Lipinski definition) is 1. The minimum absolute atomic E-state index is 0.394. The van der Waals surface area contributed by atoms with Gasteiger partial charge in [0.15, 0.2) is 5.75 Å². The summed E-state index contributed by atoms with van der Waals surface area (Å²) in [4.78, 5) is 9.03. The van der Waals surface area contributed by atoms with E-state index in [9.17, 15) is 0 Å². The predicted molar refractivity (Wildman–Crippen MR) is 51.2 cm³/mol. The van der Waals surface area contributed by atoms with Gasteiger partial charge in [0.1, 0.15) is 0 Å². The van der Waals surface area contributed by atoms with Gasteiger partial charge in [-0.05, 0) is 24.5 Å². The second-order valence-corrected chi connectivity index (χ2v) is 3.38. The van der Waals surface area contributed by atoms with Gasteiger partial charge in [-0.2, -0.15) is 5.90 Å². The van der Waals surface area contributed by atoms with Crippen molar-refractivity contribution in [3.63, 3.8) is 0 Å². The van der Waals surface area contributed by atoms with Crippen LogP contribution in [0.25, 0.3) is 0 Å². The highest BCUT2D eigenvalue weighted by Crippen LogP contribution is 2.27. The number of hydrogen-bond acceptors (Lipinski definition) is 3. The summed E-state index contributed by atoms with van der Waals surface area (Å²) in [6.45, 7) is 6.18. The summed E-state index contributed by atoms with van der Waals surface area (Å²) >= 11 is 0. The zero-order valence-electron chi connectivity index (χ0n) is 8.20. The standard InChI is InChI=1S/C10H15NO2/c1-7(2)9-5-4-8(3)6-10(9)12-13-11/h4-7H,11H2,1-3H3. The van der Waals surface area contributed by atoms with Crippen molar-refractivity contribution in [2.75, 3.05) is 0 Å². The van der Waals surface area contributed by atoms with Gasteiger partial charge in [-0.25, -0.2) is 0 Å². The second-order valence-electron chi connectivity index (χ2n) is 3.38. The Morgan fingerprint density at radius 2 is 2.00 bits per heavy atom. The zero-order valence-corrected chi connectivity index (χ0v) is 8.20. The average molecular weight is 181 g/mol. The predicted octanol–water partition coefficient (Wildman–Crippen LogP) is 2.30. The minimum Gasteiger partial charge on any atom is -0.319 e. The van der Waals surface area contributed by atoms with Gasteiger partial charge in [0.25, 0.3) is 0 Å². The van der Waals surface area contributed by atoms with Gasteiger partial charge in [0, 0.05) is 5.56 Å². The molecule has 1 aromatic carbocycles. The maximum Gasteiger partial charge on any atom is 0.171 e. The Labute approximate surface area is 78.3 Å². The number of nitrogens with two attached hydrogens (primary N) is 1. The van der Waals surface area contributed by atoms with Crippen LogP contribution in [-0.2, 0) is 4.99 Å². The Kier molecular flexibility index (Phi) is 3.28. The highest BCUT2D eigenvalue weighted by Gasteiger charge is 2.08. The molecule has 13 heavy (non-hydrogen) atoms. The highest BCUT2D eigenvalue weighted by molar-refractivity contribution is 5.38. The van der Waals surface area contributed by atoms with E-state index >= 15 is 0 Å². The normalized spacial score (nSPS) is 10.5. The summed E-state index contributed by atoms with van der Waals surface area (Å²) in [5.74, 6) is 5.94. The summed E-state index contributed by atoms with van der Waals surface area (Å²) in [6.07, 6.45) is 0. The third-order valence-electron chi connectivity index (χ3n) is 1.93. The van der Waals surface area contributed by atoms with E-state index in [4.69, 9.17) is 10.8 Å². The van der Waals surface area contributed by atoms with Gasteiger partial charge in [0.2, 0.25) is 0 Å². The quantitative estimate of drug-likeness (QED) is 0.574. The van der Waals surface area contributed by atoms with Crippen molar-refractivity contribution in [2.45, 2.75) is 26.7 Å². The highest BCUT2D eigenvalue weighted by atomic mass is 17.3. The molecule has 3 heteroatoms. The minimum atomic E-state index is 0.394. The summed E-state index contributed by atoms with van der Waals surface area (Å²) in [5.41, 5.74) is 2.22. The SMILES string of the molecule is Cc1ccc(C(C)C)c(OON)c1. The van der Waals surface area contributed by atoms with Crippen LogP contribution >= 0.6 is 0 Å². The molecule has 0 unspecified atom stereocenters. The molecule has 0 radical (unpaired) electrons. The van der Waals surface area contributed by atoms with Crippen molar-refractivity contribution in [1.82, 2.24) is 0 Å². The third kappa shape index (κ3) is 2.44. The second kappa shape index (κ2) is 4.25. The van der Waals surface area contributed by atoms with Crippen LogP contribution in [0.4, 0.5) is 0 Å². The number of benzene rings is 1. The van der Waals surface area contributed by atoms with Crippen molar-refractivity contribution in [2.24, 2.45) is 5.90 Å². The first-order valence-electron chi connectivity index (χ1n) is 4.29. The molecule has 0 fully saturated rings. The Morgan fingerprint density at radius 1 is 1.31 bits per heavy atom. The molecule has 0 spiro atoms. The van der Waals surface area contributed by atoms with Gasteiger partial charge in [-0.1, -0.05) is 31.0 Å². The lowest BCUT2D eigenvalue weighted by Crippen LogP contribution is -2.06. The van der Waals surface area contributed by atoms with Gasteiger partial charge in [0.05, 0.1) is 0 Å². The Morgan fingerprint density at radius 3 is 2.54 bits per heavy atom. The molecule has 0 aromatic heterocycles. The van der Waals surface area contributed by atoms with Crippen LogP contribution in [0.5, 0.6) is 5.75 Å². The zero-order chi connectivity index (χ0) is 9.84. The molecule has 0 aliphatic carbocycles. The first kappa shape index (κ1) is 10.0. The first-order valence-corrected chi connectivity index (χ1v) is 4.29. The Balaban J connectivity index is 3.03. The Bertz CT molecular complexity index is 284. The van der Waals surface area contributed by atoms with Gasteiger partial charge >= 0.3 is 0 Å².